The number of alkyl halides is 3. The van der Waals surface area contributed by atoms with Crippen LogP contribution in [0.25, 0.3) is 0 Å². The molecule has 2 nitrogen and oxygen atoms in total. The smallest absolute Gasteiger partial charge is 0.490 e. The fourth-order valence-corrected chi connectivity index (χ4v) is 1.30. The zero-order valence-electron chi connectivity index (χ0n) is 7.77. The average molecular weight is 285 g/mol. The maximum Gasteiger partial charge on any atom is 0.573 e. The summed E-state index contributed by atoms with van der Waals surface area (Å²) in [7, 11) is 0. The molecule has 1 rings (SSSR count). The van der Waals surface area contributed by atoms with Crippen molar-refractivity contribution in [1.29, 1.82) is 0 Å². The third-order valence-electron chi connectivity index (χ3n) is 1.43. The van der Waals surface area contributed by atoms with Gasteiger partial charge in [0, 0.05) is 4.47 Å². The Hall–Kier alpha value is -0.910. The van der Waals surface area contributed by atoms with Crippen molar-refractivity contribution in [3.05, 3.63) is 22.7 Å². The Morgan fingerprint density at radius 1 is 1.27 bits per heavy atom. The van der Waals surface area contributed by atoms with Crippen molar-refractivity contribution in [1.82, 2.24) is 0 Å². The molecule has 1 aromatic rings. The van der Waals surface area contributed by atoms with Gasteiger partial charge >= 0.3 is 6.36 Å². The molecule has 0 bridgehead atoms. The number of rotatable bonds is 3. The number of benzene rings is 1. The second-order valence-electron chi connectivity index (χ2n) is 2.57. The van der Waals surface area contributed by atoms with E-state index in [2.05, 4.69) is 20.7 Å². The van der Waals surface area contributed by atoms with Gasteiger partial charge in [0.05, 0.1) is 6.61 Å². The highest BCUT2D eigenvalue weighted by Crippen LogP contribution is 2.34. The Labute approximate surface area is 93.1 Å². The first-order valence-electron chi connectivity index (χ1n) is 4.10. The van der Waals surface area contributed by atoms with Gasteiger partial charge in [-0.3, -0.25) is 0 Å². The van der Waals surface area contributed by atoms with E-state index < -0.39 is 6.36 Å². The second-order valence-corrected chi connectivity index (χ2v) is 3.49. The maximum atomic E-state index is 12.0. The summed E-state index contributed by atoms with van der Waals surface area (Å²) in [4.78, 5) is 0. The summed E-state index contributed by atoms with van der Waals surface area (Å²) in [6.07, 6.45) is -4.72. The zero-order chi connectivity index (χ0) is 11.5. The summed E-state index contributed by atoms with van der Waals surface area (Å²) >= 11 is 3.05. The van der Waals surface area contributed by atoms with E-state index in [9.17, 15) is 13.2 Å². The molecule has 0 unspecified atom stereocenters. The van der Waals surface area contributed by atoms with Crippen molar-refractivity contribution in [2.45, 2.75) is 13.3 Å². The molecule has 0 spiro atoms. The van der Waals surface area contributed by atoms with Crippen molar-refractivity contribution in [3.8, 4) is 11.5 Å². The Balaban J connectivity index is 2.96. The first kappa shape index (κ1) is 12.2. The predicted octanol–water partition coefficient (Wildman–Crippen LogP) is 3.75. The van der Waals surface area contributed by atoms with Crippen LogP contribution in [0.5, 0.6) is 11.5 Å². The lowest BCUT2D eigenvalue weighted by atomic mass is 10.3. The van der Waals surface area contributed by atoms with Crippen molar-refractivity contribution in [2.75, 3.05) is 6.61 Å². The van der Waals surface area contributed by atoms with Gasteiger partial charge in [-0.05, 0) is 25.1 Å². The van der Waals surface area contributed by atoms with Gasteiger partial charge in [0.15, 0.2) is 11.5 Å². The van der Waals surface area contributed by atoms with E-state index in [1.807, 2.05) is 0 Å². The minimum absolute atomic E-state index is 0.0676. The van der Waals surface area contributed by atoms with E-state index >= 15 is 0 Å². The molecule has 1 aromatic carbocycles. The van der Waals surface area contributed by atoms with Crippen LogP contribution in [0.3, 0.4) is 0 Å². The Bertz CT molecular complexity index is 339. The van der Waals surface area contributed by atoms with Crippen molar-refractivity contribution < 1.29 is 22.6 Å². The van der Waals surface area contributed by atoms with Crippen LogP contribution in [0.1, 0.15) is 6.92 Å². The molecule has 0 saturated carbocycles. The molecule has 0 fully saturated rings. The van der Waals surface area contributed by atoms with Crippen LogP contribution >= 0.6 is 15.9 Å². The molecule has 15 heavy (non-hydrogen) atoms. The lowest BCUT2D eigenvalue weighted by Crippen LogP contribution is -2.17. The SMILES string of the molecule is CCOc1ccc(Br)cc1OC(F)(F)F. The number of halogens is 4. The highest BCUT2D eigenvalue weighted by atomic mass is 79.9. The summed E-state index contributed by atoms with van der Waals surface area (Å²) in [5, 5.41) is 0. The standard InChI is InChI=1S/C9H8BrF3O2/c1-2-14-7-4-3-6(10)5-8(7)15-9(11,12)13/h3-5H,2H2,1H3. The number of hydrogen-bond donors (Lipinski definition) is 0. The molecule has 84 valence electrons. The van der Waals surface area contributed by atoms with Gasteiger partial charge < -0.3 is 9.47 Å². The molecule has 0 aliphatic heterocycles. The first-order chi connectivity index (χ1) is 6.92. The molecule has 0 N–H and O–H groups in total. The van der Waals surface area contributed by atoms with E-state index in [0.29, 0.717) is 4.47 Å². The molecule has 6 heteroatoms. The summed E-state index contributed by atoms with van der Waals surface area (Å²) in [5.41, 5.74) is 0. The number of ether oxygens (including phenoxy) is 2. The van der Waals surface area contributed by atoms with Gasteiger partial charge in [0.1, 0.15) is 0 Å². The van der Waals surface area contributed by atoms with E-state index in [1.54, 1.807) is 13.0 Å². The van der Waals surface area contributed by atoms with Crippen molar-refractivity contribution >= 4 is 15.9 Å². The van der Waals surface area contributed by atoms with E-state index in [-0.39, 0.29) is 18.1 Å². The van der Waals surface area contributed by atoms with Gasteiger partial charge in [0.25, 0.3) is 0 Å². The van der Waals surface area contributed by atoms with Crippen LogP contribution in [0.2, 0.25) is 0 Å². The minimum Gasteiger partial charge on any atom is -0.490 e. The molecule has 0 radical (unpaired) electrons. The number of hydrogen-bond acceptors (Lipinski definition) is 2. The molecule has 0 aliphatic carbocycles. The first-order valence-corrected chi connectivity index (χ1v) is 4.90. The van der Waals surface area contributed by atoms with Gasteiger partial charge in [0.2, 0.25) is 0 Å². The monoisotopic (exact) mass is 284 g/mol. The maximum absolute atomic E-state index is 12.0. The summed E-state index contributed by atoms with van der Waals surface area (Å²) in [6.45, 7) is 1.95. The van der Waals surface area contributed by atoms with Crippen LogP contribution in [0.15, 0.2) is 22.7 Å². The topological polar surface area (TPSA) is 18.5 Å². The van der Waals surface area contributed by atoms with Crippen LogP contribution in [-0.4, -0.2) is 13.0 Å². The largest absolute Gasteiger partial charge is 0.573 e. The minimum atomic E-state index is -4.72. The Morgan fingerprint density at radius 2 is 1.93 bits per heavy atom. The zero-order valence-corrected chi connectivity index (χ0v) is 9.35. The van der Waals surface area contributed by atoms with Gasteiger partial charge in [-0.1, -0.05) is 15.9 Å². The molecule has 0 amide bonds. The lowest BCUT2D eigenvalue weighted by Gasteiger charge is -2.13. The highest BCUT2D eigenvalue weighted by Gasteiger charge is 2.32. The molecular weight excluding hydrogens is 277 g/mol. The highest BCUT2D eigenvalue weighted by molar-refractivity contribution is 9.10. The fraction of sp³-hybridized carbons (Fsp3) is 0.333. The third kappa shape index (κ3) is 3.99. The van der Waals surface area contributed by atoms with Gasteiger partial charge in [-0.25, -0.2) is 0 Å². The summed E-state index contributed by atoms with van der Waals surface area (Å²) in [5.74, 6) is -0.281. The van der Waals surface area contributed by atoms with Crippen molar-refractivity contribution in [3.63, 3.8) is 0 Å². The van der Waals surface area contributed by atoms with E-state index in [0.717, 1.165) is 0 Å². The van der Waals surface area contributed by atoms with Crippen LogP contribution in [-0.2, 0) is 0 Å². The van der Waals surface area contributed by atoms with Crippen LogP contribution < -0.4 is 9.47 Å². The lowest BCUT2D eigenvalue weighted by molar-refractivity contribution is -0.275. The molecular formula is C9H8BrF3O2. The quantitative estimate of drug-likeness (QED) is 0.842. The Morgan fingerprint density at radius 3 is 2.47 bits per heavy atom. The summed E-state index contributed by atoms with van der Waals surface area (Å²) < 4.78 is 45.3. The molecule has 0 heterocycles. The molecule has 0 aromatic heterocycles. The Kier molecular flexibility index (Phi) is 3.84. The molecule has 0 saturated heterocycles. The molecule has 0 aliphatic rings. The summed E-state index contributed by atoms with van der Waals surface area (Å²) in [6, 6.07) is 4.20. The average Bonchev–Trinajstić information content (AvgIpc) is 2.07. The van der Waals surface area contributed by atoms with Crippen molar-refractivity contribution in [2.24, 2.45) is 0 Å². The van der Waals surface area contributed by atoms with Gasteiger partial charge in [-0.15, -0.1) is 13.2 Å². The van der Waals surface area contributed by atoms with E-state index in [4.69, 9.17) is 4.74 Å². The normalized spacial score (nSPS) is 11.3. The van der Waals surface area contributed by atoms with Crippen LogP contribution in [0.4, 0.5) is 13.2 Å². The van der Waals surface area contributed by atoms with Gasteiger partial charge in [-0.2, -0.15) is 0 Å². The van der Waals surface area contributed by atoms with Crippen LogP contribution in [0, 0.1) is 0 Å². The third-order valence-corrected chi connectivity index (χ3v) is 1.92. The predicted molar refractivity (Wildman–Crippen MR) is 52.0 cm³/mol. The van der Waals surface area contributed by atoms with E-state index in [1.165, 1.54) is 12.1 Å². The fourth-order valence-electron chi connectivity index (χ4n) is 0.961. The molecule has 0 atom stereocenters. The second kappa shape index (κ2) is 4.74.